The molecule has 1 aliphatic rings. The molecule has 3 rings (SSSR count). The number of ether oxygens (including phenoxy) is 2. The second-order valence-corrected chi connectivity index (χ2v) is 9.52. The zero-order valence-electron chi connectivity index (χ0n) is 19.2. The Hall–Kier alpha value is -2.55. The lowest BCUT2D eigenvalue weighted by Crippen LogP contribution is -2.33. The maximum Gasteiger partial charge on any atom is 0.344 e. The van der Waals surface area contributed by atoms with Crippen molar-refractivity contribution >= 4 is 17.6 Å². The Morgan fingerprint density at radius 2 is 1.60 bits per heavy atom. The highest BCUT2D eigenvalue weighted by Crippen LogP contribution is 2.46. The maximum atomic E-state index is 11.4. The summed E-state index contributed by atoms with van der Waals surface area (Å²) in [6, 6.07) is 14.8. The minimum absolute atomic E-state index is 0.0662. The van der Waals surface area contributed by atoms with Crippen LogP contribution >= 0.6 is 0 Å². The first-order valence-corrected chi connectivity index (χ1v) is 10.8. The lowest BCUT2D eigenvalue weighted by atomic mass is 9.63. The van der Waals surface area contributed by atoms with E-state index >= 15 is 0 Å². The minimum Gasteiger partial charge on any atom is -0.482 e. The van der Waals surface area contributed by atoms with Crippen molar-refractivity contribution in [1.82, 2.24) is 0 Å². The molecular weight excluding hydrogens is 372 g/mol. The molecule has 0 radical (unpaired) electrons. The molecule has 2 aromatic rings. The van der Waals surface area contributed by atoms with E-state index in [2.05, 4.69) is 58.9 Å². The Morgan fingerprint density at radius 3 is 2.23 bits per heavy atom. The van der Waals surface area contributed by atoms with E-state index in [9.17, 15) is 4.79 Å². The molecule has 0 aromatic heterocycles. The third kappa shape index (κ3) is 4.95. The lowest BCUT2D eigenvalue weighted by Gasteiger charge is -2.42. The van der Waals surface area contributed by atoms with Crippen molar-refractivity contribution in [3.05, 3.63) is 64.7 Å². The molecule has 0 amide bonds. The van der Waals surface area contributed by atoms with Crippen LogP contribution in [-0.4, -0.2) is 19.2 Å². The summed E-state index contributed by atoms with van der Waals surface area (Å²) < 4.78 is 10.4. The van der Waals surface area contributed by atoms with Gasteiger partial charge in [-0.3, -0.25) is 0 Å². The lowest BCUT2D eigenvalue weighted by molar-refractivity contribution is -0.145. The molecule has 3 nitrogen and oxygen atoms in total. The van der Waals surface area contributed by atoms with Gasteiger partial charge in [-0.05, 0) is 77.5 Å². The molecular formula is C27H34O3. The van der Waals surface area contributed by atoms with Gasteiger partial charge in [0.1, 0.15) is 5.75 Å². The molecule has 1 aliphatic carbocycles. The molecule has 0 saturated carbocycles. The number of hydrogen-bond acceptors (Lipinski definition) is 3. The Kier molecular flexibility index (Phi) is 6.40. The Bertz CT molecular complexity index is 933. The van der Waals surface area contributed by atoms with Crippen molar-refractivity contribution in [2.45, 2.75) is 65.2 Å². The van der Waals surface area contributed by atoms with E-state index in [0.717, 1.165) is 5.56 Å². The van der Waals surface area contributed by atoms with Crippen LogP contribution in [0.5, 0.6) is 5.75 Å². The molecule has 0 atom stereocenters. The summed E-state index contributed by atoms with van der Waals surface area (Å²) in [7, 11) is 0. The minimum atomic E-state index is -0.351. The van der Waals surface area contributed by atoms with Crippen LogP contribution in [0.4, 0.5) is 0 Å². The van der Waals surface area contributed by atoms with Gasteiger partial charge in [-0.25, -0.2) is 4.79 Å². The highest BCUT2D eigenvalue weighted by Gasteiger charge is 2.36. The van der Waals surface area contributed by atoms with Gasteiger partial charge in [0.2, 0.25) is 0 Å². The topological polar surface area (TPSA) is 35.5 Å². The molecule has 160 valence electrons. The molecule has 2 aromatic carbocycles. The van der Waals surface area contributed by atoms with Crippen LogP contribution in [0.3, 0.4) is 0 Å². The highest BCUT2D eigenvalue weighted by atomic mass is 16.6. The van der Waals surface area contributed by atoms with Gasteiger partial charge >= 0.3 is 5.97 Å². The predicted molar refractivity (Wildman–Crippen MR) is 124 cm³/mol. The summed E-state index contributed by atoms with van der Waals surface area (Å²) >= 11 is 0. The van der Waals surface area contributed by atoms with Crippen LogP contribution in [0.15, 0.2) is 42.5 Å². The third-order valence-corrected chi connectivity index (χ3v) is 6.23. The smallest absolute Gasteiger partial charge is 0.344 e. The summed E-state index contributed by atoms with van der Waals surface area (Å²) in [4.78, 5) is 11.4. The van der Waals surface area contributed by atoms with Gasteiger partial charge < -0.3 is 9.47 Å². The Labute approximate surface area is 181 Å². The van der Waals surface area contributed by atoms with E-state index in [0.29, 0.717) is 12.4 Å². The van der Waals surface area contributed by atoms with E-state index in [1.165, 1.54) is 35.1 Å². The Morgan fingerprint density at radius 1 is 0.967 bits per heavy atom. The third-order valence-electron chi connectivity index (χ3n) is 6.23. The summed E-state index contributed by atoms with van der Waals surface area (Å²) in [6.45, 7) is 13.7. The van der Waals surface area contributed by atoms with E-state index in [1.807, 2.05) is 24.3 Å². The van der Waals surface area contributed by atoms with E-state index in [-0.39, 0.29) is 23.4 Å². The molecule has 0 heterocycles. The molecule has 0 N–H and O–H groups in total. The van der Waals surface area contributed by atoms with Gasteiger partial charge in [0.25, 0.3) is 0 Å². The molecule has 0 bridgehead atoms. The van der Waals surface area contributed by atoms with Crippen molar-refractivity contribution in [2.24, 2.45) is 0 Å². The van der Waals surface area contributed by atoms with Crippen LogP contribution in [0.2, 0.25) is 0 Å². The van der Waals surface area contributed by atoms with Crippen molar-refractivity contribution < 1.29 is 14.3 Å². The van der Waals surface area contributed by atoms with Crippen LogP contribution in [0, 0.1) is 0 Å². The van der Waals surface area contributed by atoms with Crippen LogP contribution in [0.25, 0.3) is 11.6 Å². The van der Waals surface area contributed by atoms with E-state index in [1.54, 1.807) is 6.92 Å². The number of esters is 1. The highest BCUT2D eigenvalue weighted by molar-refractivity contribution is 5.81. The quantitative estimate of drug-likeness (QED) is 0.404. The molecule has 0 saturated heterocycles. The van der Waals surface area contributed by atoms with Gasteiger partial charge in [-0.2, -0.15) is 0 Å². The number of benzene rings is 2. The number of rotatable bonds is 6. The largest absolute Gasteiger partial charge is 0.482 e. The second-order valence-electron chi connectivity index (χ2n) is 9.52. The second kappa shape index (κ2) is 8.67. The zero-order valence-corrected chi connectivity index (χ0v) is 19.2. The Balaban J connectivity index is 1.78. The average Bonchev–Trinajstić information content (AvgIpc) is 2.71. The molecule has 30 heavy (non-hydrogen) atoms. The fourth-order valence-electron chi connectivity index (χ4n) is 4.17. The van der Waals surface area contributed by atoms with Crippen LogP contribution < -0.4 is 4.74 Å². The average molecular weight is 407 g/mol. The van der Waals surface area contributed by atoms with Gasteiger partial charge in [0.15, 0.2) is 6.61 Å². The summed E-state index contributed by atoms with van der Waals surface area (Å²) in [5.41, 5.74) is 7.01. The van der Waals surface area contributed by atoms with Crippen LogP contribution in [-0.2, 0) is 20.4 Å². The molecule has 0 aliphatic heterocycles. The summed E-state index contributed by atoms with van der Waals surface area (Å²) in [5.74, 6) is 0.312. The van der Waals surface area contributed by atoms with Gasteiger partial charge in [-0.1, -0.05) is 64.1 Å². The fraction of sp³-hybridized carbons (Fsp3) is 0.444. The molecule has 0 fully saturated rings. The molecule has 0 unspecified atom stereocenters. The number of fused-ring (bicyclic) bond motifs is 1. The maximum absolute atomic E-state index is 11.4. The predicted octanol–water partition coefficient (Wildman–Crippen LogP) is 6.54. The number of allylic oxidation sites excluding steroid dienone is 1. The monoisotopic (exact) mass is 406 g/mol. The summed E-state index contributed by atoms with van der Waals surface area (Å²) in [5, 5.41) is 0. The normalized spacial score (nSPS) is 17.2. The first-order chi connectivity index (χ1) is 14.1. The van der Waals surface area contributed by atoms with Crippen molar-refractivity contribution in [3.63, 3.8) is 0 Å². The first kappa shape index (κ1) is 22.1. The zero-order chi connectivity index (χ0) is 21.9. The van der Waals surface area contributed by atoms with Gasteiger partial charge in [0.05, 0.1) is 6.61 Å². The SMILES string of the molecule is CCOC(=O)COc1ccc(C=C(C)c2ccc3c(c2)C(C)(C)CCC3(C)C)cc1. The molecule has 0 spiro atoms. The molecule has 3 heteroatoms. The first-order valence-electron chi connectivity index (χ1n) is 10.8. The van der Waals surface area contributed by atoms with E-state index in [4.69, 9.17) is 9.47 Å². The van der Waals surface area contributed by atoms with Crippen LogP contribution in [0.1, 0.15) is 76.6 Å². The van der Waals surface area contributed by atoms with Gasteiger partial charge in [0, 0.05) is 0 Å². The standard InChI is InChI=1S/C27H34O3/c1-7-29-25(28)18-30-22-11-8-20(9-12-22)16-19(2)21-10-13-23-24(17-21)27(5,6)15-14-26(23,3)4/h8-13,16-17H,7,14-15,18H2,1-6H3. The number of hydrogen-bond donors (Lipinski definition) is 0. The summed E-state index contributed by atoms with van der Waals surface area (Å²) in [6.07, 6.45) is 4.63. The van der Waals surface area contributed by atoms with Crippen molar-refractivity contribution in [1.29, 1.82) is 0 Å². The van der Waals surface area contributed by atoms with Crippen molar-refractivity contribution in [3.8, 4) is 5.75 Å². The number of carbonyl (C=O) groups is 1. The van der Waals surface area contributed by atoms with Gasteiger partial charge in [-0.15, -0.1) is 0 Å². The number of carbonyl (C=O) groups excluding carboxylic acids is 1. The van der Waals surface area contributed by atoms with Crippen molar-refractivity contribution in [2.75, 3.05) is 13.2 Å². The fourth-order valence-corrected chi connectivity index (χ4v) is 4.17. The van der Waals surface area contributed by atoms with E-state index < -0.39 is 0 Å².